The Morgan fingerprint density at radius 3 is 1.50 bits per heavy atom. The Morgan fingerprint density at radius 2 is 1.00 bits per heavy atom. The maximum absolute atomic E-state index is 6.30. The lowest BCUT2D eigenvalue weighted by molar-refractivity contribution is 0.437. The van der Waals surface area contributed by atoms with Gasteiger partial charge in [-0.1, -0.05) is 60.7 Å². The lowest BCUT2D eigenvalue weighted by Crippen LogP contribution is -2.32. The second kappa shape index (κ2) is 5.17. The molecule has 0 fully saturated rings. The van der Waals surface area contributed by atoms with Crippen molar-refractivity contribution < 1.29 is 4.74 Å². The maximum Gasteiger partial charge on any atom is 0.134 e. The first-order valence-electron chi connectivity index (χ1n) is 9.37. The molecule has 4 aromatic carbocycles. The van der Waals surface area contributed by atoms with Crippen molar-refractivity contribution in [2.75, 3.05) is 11.5 Å². The van der Waals surface area contributed by atoms with E-state index in [1.807, 2.05) is 24.3 Å². The molecule has 0 unspecified atom stereocenters. The Hall–Kier alpha value is -3.72. The molecule has 0 saturated carbocycles. The van der Waals surface area contributed by atoms with Crippen LogP contribution in [0.4, 0.5) is 11.4 Å². The molecule has 1 spiro atoms. The van der Waals surface area contributed by atoms with Gasteiger partial charge in [0.05, 0.1) is 5.41 Å². The monoisotopic (exact) mass is 362 g/mol. The predicted octanol–water partition coefficient (Wildman–Crippen LogP) is 5.32. The van der Waals surface area contributed by atoms with E-state index in [1.54, 1.807) is 0 Å². The summed E-state index contributed by atoms with van der Waals surface area (Å²) in [7, 11) is 0. The zero-order chi connectivity index (χ0) is 18.9. The van der Waals surface area contributed by atoms with E-state index in [0.717, 1.165) is 22.6 Å². The lowest BCUT2D eigenvalue weighted by atomic mass is 9.66. The minimum absolute atomic E-state index is 0.447. The van der Waals surface area contributed by atoms with Crippen LogP contribution in [0.2, 0.25) is 0 Å². The number of hydrogen-bond donors (Lipinski definition) is 2. The molecule has 4 aromatic rings. The van der Waals surface area contributed by atoms with Gasteiger partial charge in [-0.15, -0.1) is 0 Å². The van der Waals surface area contributed by atoms with Crippen LogP contribution in [0.25, 0.3) is 11.1 Å². The number of nitrogens with two attached hydrogens (primary N) is 2. The molecule has 0 bridgehead atoms. The molecule has 0 aromatic heterocycles. The van der Waals surface area contributed by atoms with E-state index in [-0.39, 0.29) is 0 Å². The van der Waals surface area contributed by atoms with Gasteiger partial charge in [-0.3, -0.25) is 0 Å². The molecule has 1 aliphatic heterocycles. The zero-order valence-corrected chi connectivity index (χ0v) is 15.1. The van der Waals surface area contributed by atoms with Crippen molar-refractivity contribution in [1.29, 1.82) is 0 Å². The number of fused-ring (bicyclic) bond motifs is 9. The second-order valence-electron chi connectivity index (χ2n) is 7.45. The van der Waals surface area contributed by atoms with E-state index in [2.05, 4.69) is 60.7 Å². The van der Waals surface area contributed by atoms with Gasteiger partial charge < -0.3 is 16.2 Å². The third-order valence-electron chi connectivity index (χ3n) is 5.99. The lowest BCUT2D eigenvalue weighted by Gasteiger charge is -2.39. The molecular formula is C25H18N2O. The highest BCUT2D eigenvalue weighted by Crippen LogP contribution is 2.62. The average Bonchev–Trinajstić information content (AvgIpc) is 2.99. The van der Waals surface area contributed by atoms with Crippen molar-refractivity contribution in [1.82, 2.24) is 0 Å². The first-order chi connectivity index (χ1) is 13.7. The summed E-state index contributed by atoms with van der Waals surface area (Å²) in [5.74, 6) is 1.56. The number of rotatable bonds is 0. The van der Waals surface area contributed by atoms with Gasteiger partial charge in [0.1, 0.15) is 11.5 Å². The summed E-state index contributed by atoms with van der Waals surface area (Å²) in [6, 6.07) is 29.2. The summed E-state index contributed by atoms with van der Waals surface area (Å²) in [5.41, 5.74) is 20.4. The molecule has 1 aliphatic carbocycles. The first-order valence-corrected chi connectivity index (χ1v) is 9.37. The van der Waals surface area contributed by atoms with Gasteiger partial charge in [-0.25, -0.2) is 0 Å². The third kappa shape index (κ3) is 1.73. The highest BCUT2D eigenvalue weighted by atomic mass is 16.5. The Balaban J connectivity index is 1.84. The van der Waals surface area contributed by atoms with Crippen LogP contribution in [0, 0.1) is 0 Å². The van der Waals surface area contributed by atoms with Crippen molar-refractivity contribution in [3.63, 3.8) is 0 Å². The molecule has 0 saturated heterocycles. The van der Waals surface area contributed by atoms with Gasteiger partial charge >= 0.3 is 0 Å². The second-order valence-corrected chi connectivity index (χ2v) is 7.45. The molecular weight excluding hydrogens is 344 g/mol. The van der Waals surface area contributed by atoms with E-state index >= 15 is 0 Å². The molecule has 0 amide bonds. The topological polar surface area (TPSA) is 61.3 Å². The number of anilines is 2. The van der Waals surface area contributed by atoms with Crippen molar-refractivity contribution in [3.8, 4) is 22.6 Å². The van der Waals surface area contributed by atoms with Crippen molar-refractivity contribution in [2.24, 2.45) is 0 Å². The Kier molecular flexibility index (Phi) is 2.83. The predicted molar refractivity (Wildman–Crippen MR) is 113 cm³/mol. The number of ether oxygens (including phenoxy) is 1. The maximum atomic E-state index is 6.30. The molecule has 4 N–H and O–H groups in total. The fraction of sp³-hybridized carbons (Fsp3) is 0.0400. The van der Waals surface area contributed by atoms with E-state index in [1.165, 1.54) is 22.3 Å². The molecule has 0 atom stereocenters. The van der Waals surface area contributed by atoms with Crippen LogP contribution in [0.15, 0.2) is 84.9 Å². The van der Waals surface area contributed by atoms with Crippen LogP contribution in [0.1, 0.15) is 22.3 Å². The number of nitrogen functional groups attached to an aromatic ring is 2. The van der Waals surface area contributed by atoms with Gasteiger partial charge in [0.2, 0.25) is 0 Å². The summed E-state index contributed by atoms with van der Waals surface area (Å²) in [5, 5.41) is 0. The fourth-order valence-corrected chi connectivity index (χ4v) is 4.95. The fourth-order valence-electron chi connectivity index (χ4n) is 4.95. The Morgan fingerprint density at radius 1 is 0.536 bits per heavy atom. The molecule has 6 rings (SSSR count). The zero-order valence-electron chi connectivity index (χ0n) is 15.1. The van der Waals surface area contributed by atoms with E-state index < -0.39 is 5.41 Å². The van der Waals surface area contributed by atoms with E-state index in [0.29, 0.717) is 11.4 Å². The van der Waals surface area contributed by atoms with Gasteiger partial charge in [0.25, 0.3) is 0 Å². The van der Waals surface area contributed by atoms with Crippen molar-refractivity contribution >= 4 is 11.4 Å². The first kappa shape index (κ1) is 15.3. The highest BCUT2D eigenvalue weighted by molar-refractivity contribution is 5.88. The van der Waals surface area contributed by atoms with Crippen LogP contribution < -0.4 is 16.2 Å². The SMILES string of the molecule is Nc1ccc2c(c1)Oc1cc(N)ccc1C21c2ccccc2-c2ccccc21. The molecule has 134 valence electrons. The summed E-state index contributed by atoms with van der Waals surface area (Å²) < 4.78 is 6.30. The van der Waals surface area contributed by atoms with Gasteiger partial charge in [-0.05, 0) is 34.4 Å². The molecule has 3 nitrogen and oxygen atoms in total. The minimum Gasteiger partial charge on any atom is -0.457 e. The third-order valence-corrected chi connectivity index (χ3v) is 5.99. The average molecular weight is 362 g/mol. The van der Waals surface area contributed by atoms with Gasteiger partial charge in [0.15, 0.2) is 0 Å². The Bertz CT molecular complexity index is 1180. The smallest absolute Gasteiger partial charge is 0.134 e. The van der Waals surface area contributed by atoms with Gasteiger partial charge in [-0.2, -0.15) is 0 Å². The van der Waals surface area contributed by atoms with Gasteiger partial charge in [0, 0.05) is 34.6 Å². The molecule has 1 heterocycles. The quantitative estimate of drug-likeness (QED) is 0.360. The van der Waals surface area contributed by atoms with Crippen LogP contribution in [-0.4, -0.2) is 0 Å². The number of hydrogen-bond acceptors (Lipinski definition) is 3. The van der Waals surface area contributed by atoms with Crippen molar-refractivity contribution in [2.45, 2.75) is 5.41 Å². The summed E-state index contributed by atoms with van der Waals surface area (Å²) >= 11 is 0. The molecule has 2 aliphatic rings. The van der Waals surface area contributed by atoms with Crippen LogP contribution in [0.3, 0.4) is 0 Å². The van der Waals surface area contributed by atoms with Crippen LogP contribution in [-0.2, 0) is 5.41 Å². The number of benzene rings is 4. The van der Waals surface area contributed by atoms with Crippen molar-refractivity contribution in [3.05, 3.63) is 107 Å². The van der Waals surface area contributed by atoms with E-state index in [4.69, 9.17) is 16.2 Å². The van der Waals surface area contributed by atoms with Crippen LogP contribution >= 0.6 is 0 Å². The minimum atomic E-state index is -0.447. The molecule has 3 heteroatoms. The largest absolute Gasteiger partial charge is 0.457 e. The Labute approximate surface area is 163 Å². The van der Waals surface area contributed by atoms with E-state index in [9.17, 15) is 0 Å². The molecule has 0 radical (unpaired) electrons. The van der Waals surface area contributed by atoms with Crippen LogP contribution in [0.5, 0.6) is 11.5 Å². The molecule has 28 heavy (non-hydrogen) atoms. The normalized spacial score (nSPS) is 14.6. The standard InChI is InChI=1S/C25H18N2O/c26-15-9-11-21-23(13-15)28-24-14-16(27)10-12-22(24)25(21)19-7-3-1-5-17(19)18-6-2-4-8-20(18)25/h1-14H,26-27H2. The summed E-state index contributed by atoms with van der Waals surface area (Å²) in [6.07, 6.45) is 0. The summed E-state index contributed by atoms with van der Waals surface area (Å²) in [6.45, 7) is 0. The summed E-state index contributed by atoms with van der Waals surface area (Å²) in [4.78, 5) is 0. The highest BCUT2D eigenvalue weighted by Gasteiger charge is 2.50.